The molecule has 2 aliphatic heterocycles. The van der Waals surface area contributed by atoms with Crippen LogP contribution in [-0.4, -0.2) is 83.1 Å². The van der Waals surface area contributed by atoms with Crippen LogP contribution in [0, 0.1) is 22.7 Å². The van der Waals surface area contributed by atoms with Gasteiger partial charge in [-0.25, -0.2) is 14.6 Å². The van der Waals surface area contributed by atoms with E-state index in [0.717, 1.165) is 19.4 Å². The summed E-state index contributed by atoms with van der Waals surface area (Å²) in [6.45, 7) is 4.07. The fourth-order valence-corrected chi connectivity index (χ4v) is 5.47. The van der Waals surface area contributed by atoms with Gasteiger partial charge < -0.3 is 35.6 Å². The summed E-state index contributed by atoms with van der Waals surface area (Å²) in [5, 5.41) is 36.1. The van der Waals surface area contributed by atoms with Crippen LogP contribution in [0.25, 0.3) is 5.65 Å². The SMILES string of the molecule is CCNc1nc(Nc2cc(C#N)cc(N3C[C@H](NC(=O)OC)CC3C(=O)OC3CCCNC3)c2Cl)nn2c(C#N)cnc12.Cl. The minimum Gasteiger partial charge on any atom is -0.459 e. The Kier molecular flexibility index (Phi) is 10.5. The molecule has 0 saturated carbocycles. The molecule has 2 aromatic heterocycles. The van der Waals surface area contributed by atoms with E-state index >= 15 is 0 Å². The molecule has 44 heavy (non-hydrogen) atoms. The molecule has 17 heteroatoms. The highest BCUT2D eigenvalue weighted by molar-refractivity contribution is 6.36. The largest absolute Gasteiger partial charge is 0.459 e. The molecule has 15 nitrogen and oxygen atoms in total. The van der Waals surface area contributed by atoms with Gasteiger partial charge in [0.05, 0.1) is 47.4 Å². The molecule has 2 saturated heterocycles. The number of esters is 1. The lowest BCUT2D eigenvalue weighted by molar-refractivity contribution is -0.151. The zero-order valence-corrected chi connectivity index (χ0v) is 25.5. The van der Waals surface area contributed by atoms with Crippen molar-refractivity contribution < 1.29 is 19.1 Å². The second kappa shape index (κ2) is 14.3. The summed E-state index contributed by atoms with van der Waals surface area (Å²) in [5.74, 6) is 0.0304. The molecule has 2 unspecified atom stereocenters. The summed E-state index contributed by atoms with van der Waals surface area (Å²) >= 11 is 6.94. The number of anilines is 4. The quantitative estimate of drug-likeness (QED) is 0.262. The summed E-state index contributed by atoms with van der Waals surface area (Å²) in [5.41, 5.74) is 1.51. The number of hydrogen-bond acceptors (Lipinski definition) is 13. The Labute approximate surface area is 264 Å². The maximum absolute atomic E-state index is 13.5. The fourth-order valence-electron chi connectivity index (χ4n) is 5.21. The number of fused-ring (bicyclic) bond motifs is 1. The third-order valence-corrected chi connectivity index (χ3v) is 7.57. The molecule has 5 rings (SSSR count). The first kappa shape index (κ1) is 32.3. The normalized spacial score (nSPS) is 19.3. The van der Waals surface area contributed by atoms with E-state index < -0.39 is 24.1 Å². The highest BCUT2D eigenvalue weighted by Crippen LogP contribution is 2.39. The number of ether oxygens (including phenoxy) is 2. The van der Waals surface area contributed by atoms with E-state index in [0.29, 0.717) is 35.9 Å². The third kappa shape index (κ3) is 6.81. The number of piperidine rings is 1. The average Bonchev–Trinajstić information content (AvgIpc) is 3.63. The van der Waals surface area contributed by atoms with E-state index in [2.05, 4.69) is 42.4 Å². The molecule has 2 fully saturated rings. The lowest BCUT2D eigenvalue weighted by Gasteiger charge is -2.30. The number of hydrogen-bond donors (Lipinski definition) is 4. The van der Waals surface area contributed by atoms with E-state index in [1.165, 1.54) is 23.9 Å². The lowest BCUT2D eigenvalue weighted by atomic mass is 10.1. The Bertz CT molecular complexity index is 1610. The van der Waals surface area contributed by atoms with Crippen molar-refractivity contribution in [2.75, 3.05) is 48.8 Å². The van der Waals surface area contributed by atoms with Gasteiger partial charge in [-0.1, -0.05) is 11.6 Å². The second-order valence-corrected chi connectivity index (χ2v) is 10.4. The maximum atomic E-state index is 13.5. The number of carbonyl (C=O) groups excluding carboxylic acids is 2. The minimum atomic E-state index is -0.791. The summed E-state index contributed by atoms with van der Waals surface area (Å²) < 4.78 is 12.0. The molecule has 0 radical (unpaired) electrons. The number of nitriles is 2. The number of nitrogens with zero attached hydrogens (tertiary/aromatic N) is 7. The van der Waals surface area contributed by atoms with Gasteiger partial charge in [0.1, 0.15) is 18.2 Å². The molecule has 0 aliphatic carbocycles. The molecule has 0 bridgehead atoms. The molecule has 0 spiro atoms. The van der Waals surface area contributed by atoms with E-state index in [-0.39, 0.29) is 53.7 Å². The molecule has 4 heterocycles. The average molecular weight is 645 g/mol. The Hall–Kier alpha value is -4.57. The van der Waals surface area contributed by atoms with Crippen molar-refractivity contribution in [2.45, 2.75) is 44.4 Å². The molecule has 232 valence electrons. The second-order valence-electron chi connectivity index (χ2n) is 10.0. The van der Waals surface area contributed by atoms with Gasteiger partial charge in [0, 0.05) is 26.1 Å². The molecule has 1 amide bonds. The number of methoxy groups -OCH3 is 1. The summed E-state index contributed by atoms with van der Waals surface area (Å²) in [4.78, 5) is 36.0. The van der Waals surface area contributed by atoms with Crippen molar-refractivity contribution in [1.29, 1.82) is 10.5 Å². The van der Waals surface area contributed by atoms with Crippen LogP contribution < -0.4 is 26.2 Å². The Morgan fingerprint density at radius 2 is 2.09 bits per heavy atom. The smallest absolute Gasteiger partial charge is 0.407 e. The third-order valence-electron chi connectivity index (χ3n) is 7.17. The van der Waals surface area contributed by atoms with Gasteiger partial charge in [-0.15, -0.1) is 17.5 Å². The van der Waals surface area contributed by atoms with Gasteiger partial charge in [0.15, 0.2) is 17.2 Å². The predicted molar refractivity (Wildman–Crippen MR) is 163 cm³/mol. The number of halogens is 2. The first-order chi connectivity index (χ1) is 20.8. The van der Waals surface area contributed by atoms with Crippen LogP contribution in [0.4, 0.5) is 27.9 Å². The van der Waals surface area contributed by atoms with Crippen molar-refractivity contribution in [3.63, 3.8) is 0 Å². The molecule has 2 aliphatic rings. The number of imidazole rings is 1. The molecule has 3 atom stereocenters. The molecule has 1 aromatic carbocycles. The maximum Gasteiger partial charge on any atom is 0.407 e. The zero-order valence-electron chi connectivity index (χ0n) is 24.0. The molecular weight excluding hydrogens is 613 g/mol. The van der Waals surface area contributed by atoms with Crippen LogP contribution in [0.3, 0.4) is 0 Å². The summed E-state index contributed by atoms with van der Waals surface area (Å²) in [7, 11) is 1.26. The van der Waals surface area contributed by atoms with Gasteiger partial charge in [0.25, 0.3) is 0 Å². The Morgan fingerprint density at radius 3 is 2.77 bits per heavy atom. The molecule has 3 aromatic rings. The fraction of sp³-hybridized carbons (Fsp3) is 0.444. The number of amides is 1. The van der Waals surface area contributed by atoms with Crippen molar-refractivity contribution in [3.05, 3.63) is 34.6 Å². The van der Waals surface area contributed by atoms with Gasteiger partial charge in [-0.3, -0.25) is 0 Å². The Balaban J connectivity index is 0.00000442. The number of nitrogens with one attached hydrogen (secondary N) is 4. The van der Waals surface area contributed by atoms with E-state index in [4.69, 9.17) is 21.1 Å². The van der Waals surface area contributed by atoms with E-state index in [9.17, 15) is 20.1 Å². The first-order valence-corrected chi connectivity index (χ1v) is 14.2. The van der Waals surface area contributed by atoms with Crippen LogP contribution in [0.1, 0.15) is 37.4 Å². The zero-order chi connectivity index (χ0) is 30.5. The van der Waals surface area contributed by atoms with Crippen LogP contribution in [-0.2, 0) is 14.3 Å². The van der Waals surface area contributed by atoms with Crippen LogP contribution in [0.5, 0.6) is 0 Å². The van der Waals surface area contributed by atoms with Gasteiger partial charge in [-0.2, -0.15) is 20.0 Å². The first-order valence-electron chi connectivity index (χ1n) is 13.8. The monoisotopic (exact) mass is 643 g/mol. The lowest BCUT2D eigenvalue weighted by Crippen LogP contribution is -2.43. The Morgan fingerprint density at radius 1 is 1.27 bits per heavy atom. The highest BCUT2D eigenvalue weighted by atomic mass is 35.5. The van der Waals surface area contributed by atoms with Crippen LogP contribution >= 0.6 is 24.0 Å². The van der Waals surface area contributed by atoms with E-state index in [1.807, 2.05) is 13.0 Å². The topological polar surface area (TPSA) is 195 Å². The van der Waals surface area contributed by atoms with E-state index in [1.54, 1.807) is 11.0 Å². The standard InChI is InChI=1S/C27H30ClN11O4.ClH/c1-3-32-23-24-33-12-17(11-30)39(24)37-26(36-23)35-19-7-15(10-29)8-20(22(19)28)38-14-16(34-27(41)42-2)9-21(38)25(40)43-18-5-4-6-31-13-18;/h7-8,12,16,18,21,31H,3-6,9,13-14H2,1-2H3,(H,34,41)(H2,32,35,36,37);1H/t16-,18?,21?;/m1./s1. The number of rotatable bonds is 8. The van der Waals surface area contributed by atoms with Crippen molar-refractivity contribution >= 4 is 64.9 Å². The highest BCUT2D eigenvalue weighted by Gasteiger charge is 2.41. The van der Waals surface area contributed by atoms with Crippen molar-refractivity contribution in [2.24, 2.45) is 0 Å². The summed E-state index contributed by atoms with van der Waals surface area (Å²) in [6.07, 6.45) is 2.38. The molecular formula is C27H31Cl2N11O4. The minimum absolute atomic E-state index is 0. The predicted octanol–water partition coefficient (Wildman–Crippen LogP) is 2.72. The molecule has 4 N–H and O–H groups in total. The van der Waals surface area contributed by atoms with Gasteiger partial charge >= 0.3 is 12.1 Å². The summed E-state index contributed by atoms with van der Waals surface area (Å²) in [6, 6.07) is 6.04. The van der Waals surface area contributed by atoms with Crippen molar-refractivity contribution in [1.82, 2.24) is 30.2 Å². The van der Waals surface area contributed by atoms with Crippen LogP contribution in [0.15, 0.2) is 18.3 Å². The van der Waals surface area contributed by atoms with Gasteiger partial charge in [-0.05, 0) is 38.4 Å². The van der Waals surface area contributed by atoms with Crippen molar-refractivity contribution in [3.8, 4) is 12.1 Å². The van der Waals surface area contributed by atoms with Gasteiger partial charge in [0.2, 0.25) is 5.95 Å². The number of carbonyl (C=O) groups is 2. The number of aromatic nitrogens is 4. The number of benzene rings is 1. The number of alkyl carbamates (subject to hydrolysis) is 1. The van der Waals surface area contributed by atoms with Crippen LogP contribution in [0.2, 0.25) is 5.02 Å².